The molecule has 3 rings (SSSR count). The van der Waals surface area contributed by atoms with Crippen molar-refractivity contribution in [3.8, 4) is 0 Å². The first-order chi connectivity index (χ1) is 7.83. The zero-order chi connectivity index (χ0) is 11.0. The van der Waals surface area contributed by atoms with E-state index in [1.54, 1.807) is 0 Å². The number of nitrogens with zero attached hydrogens (tertiary/aromatic N) is 2. The van der Waals surface area contributed by atoms with E-state index in [0.29, 0.717) is 0 Å². The van der Waals surface area contributed by atoms with Crippen molar-refractivity contribution in [1.82, 2.24) is 14.9 Å². The van der Waals surface area contributed by atoms with Gasteiger partial charge >= 0.3 is 0 Å². The molecule has 0 aliphatic carbocycles. The summed E-state index contributed by atoms with van der Waals surface area (Å²) in [4.78, 5) is 0. The number of fused-ring (bicyclic) bond motifs is 1. The molecule has 1 N–H and O–H groups in total. The lowest BCUT2D eigenvalue weighted by Crippen LogP contribution is -2.38. The molecule has 2 atom stereocenters. The van der Waals surface area contributed by atoms with Gasteiger partial charge in [0.25, 0.3) is 0 Å². The molecular weight excluding hydrogens is 202 g/mol. The fourth-order valence-corrected chi connectivity index (χ4v) is 2.13. The summed E-state index contributed by atoms with van der Waals surface area (Å²) < 4.78 is 7.77. The van der Waals surface area contributed by atoms with E-state index in [9.17, 15) is 0 Å². The van der Waals surface area contributed by atoms with Crippen molar-refractivity contribution in [3.05, 3.63) is 36.2 Å². The fourth-order valence-electron chi connectivity index (χ4n) is 2.13. The fraction of sp³-hybridized carbons (Fsp3) is 0.417. The predicted molar refractivity (Wildman–Crippen MR) is 61.3 cm³/mol. The number of nitrogens with one attached hydrogen (secondary N) is 1. The van der Waals surface area contributed by atoms with E-state index in [1.807, 2.05) is 23.0 Å². The number of pyridine rings is 1. The molecule has 0 bridgehead atoms. The van der Waals surface area contributed by atoms with E-state index >= 15 is 0 Å². The summed E-state index contributed by atoms with van der Waals surface area (Å²) in [6.07, 6.45) is 4.22. The zero-order valence-electron chi connectivity index (χ0n) is 9.26. The first-order valence-corrected chi connectivity index (χ1v) is 5.62. The van der Waals surface area contributed by atoms with Crippen LogP contribution in [0.3, 0.4) is 0 Å². The Balaban J connectivity index is 1.92. The Morgan fingerprint density at radius 1 is 1.44 bits per heavy atom. The van der Waals surface area contributed by atoms with Gasteiger partial charge in [-0.3, -0.25) is 0 Å². The van der Waals surface area contributed by atoms with Gasteiger partial charge in [0.2, 0.25) is 0 Å². The second kappa shape index (κ2) is 3.88. The van der Waals surface area contributed by atoms with Crippen LogP contribution in [0.2, 0.25) is 0 Å². The van der Waals surface area contributed by atoms with Gasteiger partial charge in [-0.25, -0.2) is 4.52 Å². The molecule has 1 aliphatic rings. The van der Waals surface area contributed by atoms with E-state index in [2.05, 4.69) is 29.5 Å². The SMILES string of the molecule is C[C@@H]1CNC[C@H](c2ccn3nccc3c2)O1. The zero-order valence-corrected chi connectivity index (χ0v) is 9.26. The van der Waals surface area contributed by atoms with Crippen LogP contribution in [0.25, 0.3) is 5.52 Å². The first-order valence-electron chi connectivity index (χ1n) is 5.62. The highest BCUT2D eigenvalue weighted by Gasteiger charge is 2.20. The summed E-state index contributed by atoms with van der Waals surface area (Å²) in [5, 5.41) is 7.56. The topological polar surface area (TPSA) is 38.6 Å². The van der Waals surface area contributed by atoms with Gasteiger partial charge in [0.1, 0.15) is 0 Å². The Morgan fingerprint density at radius 3 is 3.25 bits per heavy atom. The summed E-state index contributed by atoms with van der Waals surface area (Å²) >= 11 is 0. The van der Waals surface area contributed by atoms with Crippen molar-refractivity contribution in [1.29, 1.82) is 0 Å². The lowest BCUT2D eigenvalue weighted by molar-refractivity contribution is -0.0287. The van der Waals surface area contributed by atoms with Crippen LogP contribution in [-0.4, -0.2) is 28.8 Å². The Labute approximate surface area is 94.2 Å². The van der Waals surface area contributed by atoms with E-state index < -0.39 is 0 Å². The number of morpholine rings is 1. The Hall–Kier alpha value is -1.39. The van der Waals surface area contributed by atoms with Crippen molar-refractivity contribution in [2.45, 2.75) is 19.1 Å². The maximum absolute atomic E-state index is 5.91. The lowest BCUT2D eigenvalue weighted by Gasteiger charge is -2.29. The molecule has 2 aromatic heterocycles. The van der Waals surface area contributed by atoms with Gasteiger partial charge in [0.05, 0.1) is 17.7 Å². The van der Waals surface area contributed by atoms with Crippen molar-refractivity contribution >= 4 is 5.52 Å². The molecule has 4 nitrogen and oxygen atoms in total. The standard InChI is InChI=1S/C12H15N3O/c1-9-7-13-8-12(16-9)10-3-5-15-11(6-10)2-4-14-15/h2-6,9,12-13H,7-8H2,1H3/t9-,12-/m1/s1. The van der Waals surface area contributed by atoms with Gasteiger partial charge < -0.3 is 10.1 Å². The molecule has 0 amide bonds. The molecule has 0 radical (unpaired) electrons. The van der Waals surface area contributed by atoms with Gasteiger partial charge in [0.15, 0.2) is 0 Å². The van der Waals surface area contributed by atoms with Crippen LogP contribution in [0.15, 0.2) is 30.6 Å². The first kappa shape index (κ1) is 9.81. The van der Waals surface area contributed by atoms with Gasteiger partial charge in [-0.1, -0.05) is 0 Å². The number of rotatable bonds is 1. The largest absolute Gasteiger partial charge is 0.368 e. The highest BCUT2D eigenvalue weighted by Crippen LogP contribution is 2.22. The van der Waals surface area contributed by atoms with Crippen molar-refractivity contribution in [3.63, 3.8) is 0 Å². The highest BCUT2D eigenvalue weighted by atomic mass is 16.5. The molecule has 0 unspecified atom stereocenters. The van der Waals surface area contributed by atoms with Crippen LogP contribution < -0.4 is 5.32 Å². The quantitative estimate of drug-likeness (QED) is 0.784. The third kappa shape index (κ3) is 1.70. The van der Waals surface area contributed by atoms with E-state index in [1.165, 1.54) is 5.56 Å². The van der Waals surface area contributed by atoms with Gasteiger partial charge in [-0.05, 0) is 30.7 Å². The van der Waals surface area contributed by atoms with Crippen LogP contribution >= 0.6 is 0 Å². The summed E-state index contributed by atoms with van der Waals surface area (Å²) in [5.74, 6) is 0. The minimum atomic E-state index is 0.156. The van der Waals surface area contributed by atoms with Gasteiger partial charge in [-0.2, -0.15) is 5.10 Å². The average molecular weight is 217 g/mol. The van der Waals surface area contributed by atoms with Crippen molar-refractivity contribution in [2.75, 3.05) is 13.1 Å². The Bertz CT molecular complexity index is 494. The van der Waals surface area contributed by atoms with Gasteiger partial charge in [-0.15, -0.1) is 0 Å². The molecule has 16 heavy (non-hydrogen) atoms. The second-order valence-corrected chi connectivity index (χ2v) is 4.25. The number of ether oxygens (including phenoxy) is 1. The van der Waals surface area contributed by atoms with Crippen molar-refractivity contribution in [2.24, 2.45) is 0 Å². The molecule has 0 aromatic carbocycles. The predicted octanol–water partition coefficient (Wildman–Crippen LogP) is 1.38. The molecule has 1 saturated heterocycles. The average Bonchev–Trinajstić information content (AvgIpc) is 2.75. The normalized spacial score (nSPS) is 26.1. The van der Waals surface area contributed by atoms with E-state index in [4.69, 9.17) is 4.74 Å². The second-order valence-electron chi connectivity index (χ2n) is 4.25. The maximum atomic E-state index is 5.91. The third-order valence-electron chi connectivity index (χ3n) is 2.95. The van der Waals surface area contributed by atoms with Crippen LogP contribution in [0.4, 0.5) is 0 Å². The van der Waals surface area contributed by atoms with E-state index in [-0.39, 0.29) is 12.2 Å². The summed E-state index contributed by atoms with van der Waals surface area (Å²) in [5.41, 5.74) is 2.33. The number of hydrogen-bond acceptors (Lipinski definition) is 3. The summed E-state index contributed by atoms with van der Waals surface area (Å²) in [7, 11) is 0. The number of aromatic nitrogens is 2. The monoisotopic (exact) mass is 217 g/mol. The molecule has 2 aromatic rings. The molecule has 1 aliphatic heterocycles. The molecule has 84 valence electrons. The Morgan fingerprint density at radius 2 is 2.38 bits per heavy atom. The van der Waals surface area contributed by atoms with E-state index in [0.717, 1.165) is 18.6 Å². The summed E-state index contributed by atoms with van der Waals surface area (Å²) in [6.45, 7) is 3.91. The smallest absolute Gasteiger partial charge is 0.0954 e. The molecule has 3 heterocycles. The highest BCUT2D eigenvalue weighted by molar-refractivity contribution is 5.48. The summed E-state index contributed by atoms with van der Waals surface area (Å²) in [6, 6.07) is 6.21. The maximum Gasteiger partial charge on any atom is 0.0954 e. The lowest BCUT2D eigenvalue weighted by atomic mass is 10.1. The van der Waals surface area contributed by atoms with Crippen molar-refractivity contribution < 1.29 is 4.74 Å². The van der Waals surface area contributed by atoms with Crippen LogP contribution in [0.5, 0.6) is 0 Å². The van der Waals surface area contributed by atoms with Crippen LogP contribution in [-0.2, 0) is 4.74 Å². The minimum Gasteiger partial charge on any atom is -0.368 e. The molecular formula is C12H15N3O. The van der Waals surface area contributed by atoms with Crippen LogP contribution in [0.1, 0.15) is 18.6 Å². The third-order valence-corrected chi connectivity index (χ3v) is 2.95. The molecule has 0 spiro atoms. The molecule has 1 fully saturated rings. The number of hydrogen-bond donors (Lipinski definition) is 1. The van der Waals surface area contributed by atoms with Crippen LogP contribution in [0, 0.1) is 0 Å². The minimum absolute atomic E-state index is 0.156. The van der Waals surface area contributed by atoms with Gasteiger partial charge in [0, 0.05) is 25.5 Å². The molecule has 4 heteroatoms. The Kier molecular flexibility index (Phi) is 2.38. The molecule has 0 saturated carbocycles.